The molecule has 0 aliphatic carbocycles. The van der Waals surface area contributed by atoms with Crippen molar-refractivity contribution in [2.24, 2.45) is 0 Å². The lowest BCUT2D eigenvalue weighted by Crippen LogP contribution is -2.17. The average Bonchev–Trinajstić information content (AvgIpc) is 3.25. The fraction of sp³-hybridized carbons (Fsp3) is 0.500. The van der Waals surface area contributed by atoms with Crippen molar-refractivity contribution in [3.63, 3.8) is 0 Å². The number of hydrogen-bond donors (Lipinski definition) is 1. The molecule has 2 aliphatic rings. The number of aromatic nitrogens is 2. The van der Waals surface area contributed by atoms with Gasteiger partial charge in [-0.05, 0) is 63.3 Å². The summed E-state index contributed by atoms with van der Waals surface area (Å²) in [7, 11) is 0. The number of thioether (sulfide) groups is 1. The Morgan fingerprint density at radius 1 is 1.31 bits per heavy atom. The van der Waals surface area contributed by atoms with Gasteiger partial charge in [0.25, 0.3) is 0 Å². The Kier molecular flexibility index (Phi) is 6.06. The smallest absolute Gasteiger partial charge is 0.224 e. The number of amides is 1. The van der Waals surface area contributed by atoms with Crippen LogP contribution in [0, 0.1) is 13.8 Å². The molecule has 0 bridgehead atoms. The maximum atomic E-state index is 12.8. The minimum Gasteiger partial charge on any atom is -0.376 e. The molecular formula is C22H27N3O3S. The van der Waals surface area contributed by atoms with Crippen molar-refractivity contribution in [2.45, 2.75) is 63.8 Å². The Hall–Kier alpha value is -2.12. The molecule has 2 aromatic rings. The number of imidazole rings is 1. The minimum atomic E-state index is 0.0437. The van der Waals surface area contributed by atoms with Crippen LogP contribution in [-0.2, 0) is 22.5 Å². The van der Waals surface area contributed by atoms with Crippen LogP contribution in [0.5, 0.6) is 0 Å². The monoisotopic (exact) mass is 413 g/mol. The summed E-state index contributed by atoms with van der Waals surface area (Å²) in [6.45, 7) is 5.71. The van der Waals surface area contributed by atoms with Crippen LogP contribution in [0.1, 0.15) is 53.0 Å². The Balaban J connectivity index is 1.45. The average molecular weight is 414 g/mol. The number of nitrogens with one attached hydrogen (secondary N) is 1. The molecule has 0 saturated carbocycles. The molecule has 1 aromatic carbocycles. The molecule has 1 amide bonds. The predicted octanol–water partition coefficient (Wildman–Crippen LogP) is 3.93. The van der Waals surface area contributed by atoms with E-state index in [1.165, 1.54) is 11.8 Å². The first kappa shape index (κ1) is 20.2. The SMILES string of the molecule is Cc1nc(SCC(=O)c2ccc3c(c2)CCCC(=O)N3)n(CC2CCCO2)c1C. The lowest BCUT2D eigenvalue weighted by atomic mass is 10.0. The van der Waals surface area contributed by atoms with Crippen molar-refractivity contribution >= 4 is 29.1 Å². The highest BCUT2D eigenvalue weighted by Crippen LogP contribution is 2.27. The topological polar surface area (TPSA) is 73.2 Å². The standard InChI is InChI=1S/C22H27N3O3S/c1-14-15(2)25(12-18-6-4-10-28-18)22(23-14)29-13-20(26)17-8-9-19-16(11-17)5-3-7-21(27)24-19/h8-9,11,18H,3-7,10,12-13H2,1-2H3,(H,24,27). The third kappa shape index (κ3) is 4.56. The van der Waals surface area contributed by atoms with Gasteiger partial charge in [-0.2, -0.15) is 0 Å². The van der Waals surface area contributed by atoms with Crippen LogP contribution in [-0.4, -0.2) is 39.7 Å². The molecule has 2 aliphatic heterocycles. The third-order valence-corrected chi connectivity index (χ3v) is 6.69. The van der Waals surface area contributed by atoms with Gasteiger partial charge in [-0.3, -0.25) is 9.59 Å². The van der Waals surface area contributed by atoms with Crippen molar-refractivity contribution in [2.75, 3.05) is 17.7 Å². The summed E-state index contributed by atoms with van der Waals surface area (Å²) < 4.78 is 7.98. The van der Waals surface area contributed by atoms with E-state index in [0.29, 0.717) is 17.7 Å². The molecule has 1 aromatic heterocycles. The summed E-state index contributed by atoms with van der Waals surface area (Å²) in [5.41, 5.74) is 4.70. The molecule has 0 spiro atoms. The van der Waals surface area contributed by atoms with Crippen molar-refractivity contribution in [3.05, 3.63) is 40.7 Å². The van der Waals surface area contributed by atoms with Gasteiger partial charge < -0.3 is 14.6 Å². The Labute approximate surface area is 175 Å². The number of carbonyl (C=O) groups is 2. The zero-order valence-electron chi connectivity index (χ0n) is 17.0. The lowest BCUT2D eigenvalue weighted by molar-refractivity contribution is -0.116. The Morgan fingerprint density at radius 3 is 2.97 bits per heavy atom. The van der Waals surface area contributed by atoms with E-state index in [-0.39, 0.29) is 17.8 Å². The largest absolute Gasteiger partial charge is 0.376 e. The minimum absolute atomic E-state index is 0.0437. The van der Waals surface area contributed by atoms with E-state index in [4.69, 9.17) is 4.74 Å². The zero-order valence-corrected chi connectivity index (χ0v) is 17.8. The summed E-state index contributed by atoms with van der Waals surface area (Å²) in [6.07, 6.45) is 4.57. The van der Waals surface area contributed by atoms with E-state index < -0.39 is 0 Å². The summed E-state index contributed by atoms with van der Waals surface area (Å²) in [6, 6.07) is 5.59. The molecule has 7 heteroatoms. The molecule has 29 heavy (non-hydrogen) atoms. The van der Waals surface area contributed by atoms with Gasteiger partial charge in [-0.25, -0.2) is 4.98 Å². The summed E-state index contributed by atoms with van der Waals surface area (Å²) >= 11 is 1.49. The summed E-state index contributed by atoms with van der Waals surface area (Å²) in [5.74, 6) is 0.463. The predicted molar refractivity (Wildman–Crippen MR) is 114 cm³/mol. The number of benzene rings is 1. The first-order chi connectivity index (χ1) is 14.0. The number of aryl methyl sites for hydroxylation is 2. The Bertz CT molecular complexity index is 932. The Morgan fingerprint density at radius 2 is 2.17 bits per heavy atom. The zero-order chi connectivity index (χ0) is 20.4. The maximum Gasteiger partial charge on any atom is 0.224 e. The molecule has 1 N–H and O–H groups in total. The van der Waals surface area contributed by atoms with Gasteiger partial charge in [0.1, 0.15) is 0 Å². The van der Waals surface area contributed by atoms with Gasteiger partial charge >= 0.3 is 0 Å². The van der Waals surface area contributed by atoms with Crippen molar-refractivity contribution in [3.8, 4) is 0 Å². The van der Waals surface area contributed by atoms with E-state index in [2.05, 4.69) is 21.8 Å². The molecule has 1 saturated heterocycles. The van der Waals surface area contributed by atoms with Crippen LogP contribution in [0.15, 0.2) is 23.4 Å². The quantitative estimate of drug-likeness (QED) is 0.574. The molecule has 1 atom stereocenters. The number of rotatable bonds is 6. The van der Waals surface area contributed by atoms with E-state index in [1.54, 1.807) is 0 Å². The van der Waals surface area contributed by atoms with Gasteiger partial charge in [-0.15, -0.1) is 0 Å². The molecule has 0 radical (unpaired) electrons. The summed E-state index contributed by atoms with van der Waals surface area (Å²) in [5, 5.41) is 3.80. The first-order valence-electron chi connectivity index (χ1n) is 10.3. The number of carbonyl (C=O) groups excluding carboxylic acids is 2. The molecule has 1 unspecified atom stereocenters. The number of nitrogens with zero attached hydrogens (tertiary/aromatic N) is 2. The fourth-order valence-electron chi connectivity index (χ4n) is 3.90. The lowest BCUT2D eigenvalue weighted by Gasteiger charge is -2.14. The maximum absolute atomic E-state index is 12.8. The van der Waals surface area contributed by atoms with E-state index in [1.807, 2.05) is 25.1 Å². The van der Waals surface area contributed by atoms with Gasteiger partial charge in [0.05, 0.1) is 24.1 Å². The second-order valence-electron chi connectivity index (χ2n) is 7.80. The number of Topliss-reactive ketones (excluding diaryl/α,β-unsaturated/α-hetero) is 1. The van der Waals surface area contributed by atoms with Crippen LogP contribution in [0.2, 0.25) is 0 Å². The van der Waals surface area contributed by atoms with Crippen molar-refractivity contribution in [1.82, 2.24) is 9.55 Å². The number of ketones is 1. The molecular weight excluding hydrogens is 386 g/mol. The second kappa shape index (κ2) is 8.71. The number of anilines is 1. The van der Waals surface area contributed by atoms with E-state index in [0.717, 1.165) is 66.6 Å². The van der Waals surface area contributed by atoms with Crippen LogP contribution >= 0.6 is 11.8 Å². The van der Waals surface area contributed by atoms with Crippen LogP contribution in [0.25, 0.3) is 0 Å². The third-order valence-electron chi connectivity index (χ3n) is 5.72. The summed E-state index contributed by atoms with van der Waals surface area (Å²) in [4.78, 5) is 29.2. The van der Waals surface area contributed by atoms with E-state index >= 15 is 0 Å². The van der Waals surface area contributed by atoms with Gasteiger partial charge in [-0.1, -0.05) is 11.8 Å². The van der Waals surface area contributed by atoms with Crippen LogP contribution in [0.3, 0.4) is 0 Å². The van der Waals surface area contributed by atoms with Crippen molar-refractivity contribution < 1.29 is 14.3 Å². The molecule has 154 valence electrons. The van der Waals surface area contributed by atoms with Gasteiger partial charge in [0.2, 0.25) is 5.91 Å². The molecule has 4 rings (SSSR count). The molecule has 3 heterocycles. The second-order valence-corrected chi connectivity index (χ2v) is 8.74. The van der Waals surface area contributed by atoms with Crippen LogP contribution in [0.4, 0.5) is 5.69 Å². The highest BCUT2D eigenvalue weighted by atomic mass is 32.2. The highest BCUT2D eigenvalue weighted by Gasteiger charge is 2.21. The normalized spacial score (nSPS) is 19.0. The van der Waals surface area contributed by atoms with E-state index in [9.17, 15) is 9.59 Å². The van der Waals surface area contributed by atoms with Gasteiger partial charge in [0.15, 0.2) is 10.9 Å². The van der Waals surface area contributed by atoms with Crippen molar-refractivity contribution in [1.29, 1.82) is 0 Å². The number of fused-ring (bicyclic) bond motifs is 1. The number of hydrogen-bond acceptors (Lipinski definition) is 5. The molecule has 1 fully saturated rings. The highest BCUT2D eigenvalue weighted by molar-refractivity contribution is 7.99. The number of ether oxygens (including phenoxy) is 1. The van der Waals surface area contributed by atoms with Crippen LogP contribution < -0.4 is 5.32 Å². The molecule has 6 nitrogen and oxygen atoms in total. The first-order valence-corrected chi connectivity index (χ1v) is 11.2. The fourth-order valence-corrected chi connectivity index (χ4v) is 4.90. The van der Waals surface area contributed by atoms with Gasteiger partial charge in [0, 0.05) is 30.0 Å².